The number of benzene rings is 3. The van der Waals surface area contributed by atoms with Gasteiger partial charge in [0.25, 0.3) is 0 Å². The number of nitrogens with one attached hydrogen (secondary N) is 1. The molecule has 0 saturated carbocycles. The molecule has 0 radical (unpaired) electrons. The van der Waals surface area contributed by atoms with E-state index in [1.54, 1.807) is 4.90 Å². The fraction of sp³-hybridized carbons (Fsp3) is 0.333. The number of aliphatic imine (C=N–C) groups is 1. The predicted octanol–water partition coefficient (Wildman–Crippen LogP) is 7.44. The highest BCUT2D eigenvalue weighted by atomic mass is 32.2. The molecule has 1 fully saturated rings. The van der Waals surface area contributed by atoms with Crippen molar-refractivity contribution in [2.45, 2.75) is 52.3 Å². The SMILES string of the molecule is Cc1ccc(C(C)C)c(N2C(=O)CS/C2=N\CNCCC(C)c2ccc(-c3ncn(-c4ccc(OC(F)(F)F)cc4)n3)cc2)c1. The summed E-state index contributed by atoms with van der Waals surface area (Å²) in [6.07, 6.45) is -2.32. The third kappa shape index (κ3) is 8.12. The van der Waals surface area contributed by atoms with E-state index >= 15 is 0 Å². The Kier molecular flexibility index (Phi) is 9.93. The van der Waals surface area contributed by atoms with Crippen LogP contribution >= 0.6 is 11.8 Å². The second-order valence-corrected chi connectivity index (χ2v) is 12.1. The number of alkyl halides is 3. The van der Waals surface area contributed by atoms with Gasteiger partial charge in [-0.15, -0.1) is 18.3 Å². The van der Waals surface area contributed by atoms with Gasteiger partial charge in [0, 0.05) is 5.56 Å². The number of hydrogen-bond acceptors (Lipinski definition) is 7. The number of nitrogens with zero attached hydrogens (tertiary/aromatic N) is 5. The normalized spacial score (nSPS) is 15.3. The number of thioether (sulfide) groups is 1. The minimum atomic E-state index is -4.74. The fourth-order valence-corrected chi connectivity index (χ4v) is 5.89. The molecule has 45 heavy (non-hydrogen) atoms. The highest BCUT2D eigenvalue weighted by molar-refractivity contribution is 8.15. The van der Waals surface area contributed by atoms with Gasteiger partial charge in [0.15, 0.2) is 11.0 Å². The van der Waals surface area contributed by atoms with Crippen molar-refractivity contribution < 1.29 is 22.7 Å². The van der Waals surface area contributed by atoms with Gasteiger partial charge in [0.2, 0.25) is 5.91 Å². The van der Waals surface area contributed by atoms with Crippen LogP contribution in [-0.2, 0) is 4.79 Å². The number of aryl methyl sites for hydroxylation is 1. The Labute approximate surface area is 264 Å². The Morgan fingerprint density at radius 2 is 1.78 bits per heavy atom. The first-order valence-corrected chi connectivity index (χ1v) is 15.7. The van der Waals surface area contributed by atoms with Gasteiger partial charge in [-0.3, -0.25) is 15.0 Å². The van der Waals surface area contributed by atoms with E-state index in [9.17, 15) is 18.0 Å². The zero-order chi connectivity index (χ0) is 32.1. The number of carbonyl (C=O) groups is 1. The summed E-state index contributed by atoms with van der Waals surface area (Å²) in [7, 11) is 0. The van der Waals surface area contributed by atoms with E-state index in [1.807, 2.05) is 19.1 Å². The molecule has 12 heteroatoms. The topological polar surface area (TPSA) is 84.6 Å². The molecular weight excluding hydrogens is 601 g/mol. The molecule has 1 aliphatic rings. The number of ether oxygens (including phenoxy) is 1. The number of carbonyl (C=O) groups excluding carboxylic acids is 1. The number of amidine groups is 1. The summed E-state index contributed by atoms with van der Waals surface area (Å²) in [5.41, 5.74) is 5.73. The number of aromatic nitrogens is 3. The lowest BCUT2D eigenvalue weighted by molar-refractivity contribution is -0.274. The first-order chi connectivity index (χ1) is 21.5. The van der Waals surface area contributed by atoms with Crippen molar-refractivity contribution in [1.29, 1.82) is 0 Å². The molecule has 1 unspecified atom stereocenters. The van der Waals surface area contributed by atoms with Gasteiger partial charge in [-0.05, 0) is 78.7 Å². The van der Waals surface area contributed by atoms with Crippen molar-refractivity contribution in [2.75, 3.05) is 23.9 Å². The minimum Gasteiger partial charge on any atom is -0.406 e. The van der Waals surface area contributed by atoms with Crippen LogP contribution in [0, 0.1) is 6.92 Å². The van der Waals surface area contributed by atoms with E-state index in [0.717, 1.165) is 40.5 Å². The molecule has 1 aliphatic heterocycles. The Morgan fingerprint density at radius 1 is 1.04 bits per heavy atom. The first-order valence-electron chi connectivity index (χ1n) is 14.7. The third-order valence-electron chi connectivity index (χ3n) is 7.46. The lowest BCUT2D eigenvalue weighted by atomic mass is 9.97. The zero-order valence-electron chi connectivity index (χ0n) is 25.5. The van der Waals surface area contributed by atoms with Crippen molar-refractivity contribution in [2.24, 2.45) is 4.99 Å². The monoisotopic (exact) mass is 636 g/mol. The van der Waals surface area contributed by atoms with Crippen LogP contribution in [0.5, 0.6) is 5.75 Å². The minimum absolute atomic E-state index is 0.0545. The first kappa shape index (κ1) is 32.2. The van der Waals surface area contributed by atoms with Crippen LogP contribution in [0.3, 0.4) is 0 Å². The van der Waals surface area contributed by atoms with Gasteiger partial charge in [0.05, 0.1) is 23.8 Å². The number of amides is 1. The third-order valence-corrected chi connectivity index (χ3v) is 8.42. The zero-order valence-corrected chi connectivity index (χ0v) is 26.3. The average molecular weight is 637 g/mol. The molecule has 0 aliphatic carbocycles. The molecule has 236 valence electrons. The van der Waals surface area contributed by atoms with Gasteiger partial charge in [-0.1, -0.05) is 68.9 Å². The van der Waals surface area contributed by atoms with E-state index < -0.39 is 6.36 Å². The maximum absolute atomic E-state index is 12.8. The highest BCUT2D eigenvalue weighted by Crippen LogP contribution is 2.34. The van der Waals surface area contributed by atoms with Crippen molar-refractivity contribution in [1.82, 2.24) is 20.1 Å². The van der Waals surface area contributed by atoms with Crippen molar-refractivity contribution in [3.8, 4) is 22.8 Å². The molecule has 1 N–H and O–H groups in total. The Balaban J connectivity index is 1.13. The number of anilines is 1. The molecule has 1 amide bonds. The summed E-state index contributed by atoms with van der Waals surface area (Å²) in [6.45, 7) is 9.65. The molecule has 1 atom stereocenters. The molecule has 3 aromatic carbocycles. The van der Waals surface area contributed by atoms with E-state index in [-0.39, 0.29) is 11.7 Å². The Morgan fingerprint density at radius 3 is 2.47 bits per heavy atom. The largest absolute Gasteiger partial charge is 0.573 e. The molecule has 8 nitrogen and oxygen atoms in total. The number of hydrogen-bond donors (Lipinski definition) is 1. The standard InChI is InChI=1S/C33H35F3N6O2S/c1-21(2)28-14-5-22(3)17-29(28)42-30(43)18-45-32(42)38-19-37-16-15-23(4)24-6-8-25(9-7-24)31-39-20-41(40-31)26-10-12-27(13-11-26)44-33(34,35)36/h5-14,17,20-21,23,37H,15-16,18-19H2,1-4H3/b38-32-. The predicted molar refractivity (Wildman–Crippen MR) is 172 cm³/mol. The van der Waals surface area contributed by atoms with Crippen molar-refractivity contribution in [3.05, 3.63) is 89.7 Å². The summed E-state index contributed by atoms with van der Waals surface area (Å²) in [6, 6.07) is 19.7. The lowest BCUT2D eigenvalue weighted by Gasteiger charge is -2.22. The lowest BCUT2D eigenvalue weighted by Crippen LogP contribution is -2.31. The second kappa shape index (κ2) is 13.9. The van der Waals surface area contributed by atoms with Gasteiger partial charge in [-0.25, -0.2) is 14.7 Å². The summed E-state index contributed by atoms with van der Waals surface area (Å²) < 4.78 is 42.7. The van der Waals surface area contributed by atoms with Gasteiger partial charge >= 0.3 is 6.36 Å². The molecular formula is C33H35F3N6O2S. The van der Waals surface area contributed by atoms with E-state index in [1.165, 1.54) is 52.6 Å². The van der Waals surface area contributed by atoms with Crippen LogP contribution in [0.15, 0.2) is 78.0 Å². The maximum Gasteiger partial charge on any atom is 0.573 e. The molecule has 0 spiro atoms. The number of halogens is 3. The van der Waals surface area contributed by atoms with Crippen LogP contribution in [0.2, 0.25) is 0 Å². The Bertz CT molecular complexity index is 1650. The molecule has 1 aromatic heterocycles. The van der Waals surface area contributed by atoms with Crippen LogP contribution in [0.1, 0.15) is 55.7 Å². The summed E-state index contributed by atoms with van der Waals surface area (Å²) >= 11 is 1.48. The molecule has 1 saturated heterocycles. The van der Waals surface area contributed by atoms with Crippen LogP contribution in [0.25, 0.3) is 17.1 Å². The summed E-state index contributed by atoms with van der Waals surface area (Å²) in [4.78, 5) is 23.6. The number of rotatable bonds is 11. The molecule has 0 bridgehead atoms. The molecule has 2 heterocycles. The van der Waals surface area contributed by atoms with Crippen molar-refractivity contribution >= 4 is 28.5 Å². The van der Waals surface area contributed by atoms with Crippen molar-refractivity contribution in [3.63, 3.8) is 0 Å². The van der Waals surface area contributed by atoms with Gasteiger partial charge < -0.3 is 4.74 Å². The van der Waals surface area contributed by atoms with E-state index in [0.29, 0.717) is 35.8 Å². The van der Waals surface area contributed by atoms with Gasteiger partial charge in [-0.2, -0.15) is 0 Å². The maximum atomic E-state index is 12.8. The van der Waals surface area contributed by atoms with Crippen LogP contribution < -0.4 is 15.0 Å². The Hall–Kier alpha value is -4.16. The second-order valence-electron chi connectivity index (χ2n) is 11.2. The molecule has 5 rings (SSSR count). The summed E-state index contributed by atoms with van der Waals surface area (Å²) in [5, 5.41) is 8.60. The molecule has 4 aromatic rings. The average Bonchev–Trinajstić information content (AvgIpc) is 3.63. The highest BCUT2D eigenvalue weighted by Gasteiger charge is 2.32. The quantitative estimate of drug-likeness (QED) is 0.172. The fourth-order valence-electron chi connectivity index (χ4n) is 5.02. The smallest absolute Gasteiger partial charge is 0.406 e. The van der Waals surface area contributed by atoms with Crippen LogP contribution in [-0.4, -0.2) is 51.2 Å². The van der Waals surface area contributed by atoms with Gasteiger partial charge in [0.1, 0.15) is 12.1 Å². The van der Waals surface area contributed by atoms with Crippen LogP contribution in [0.4, 0.5) is 18.9 Å². The summed E-state index contributed by atoms with van der Waals surface area (Å²) in [5.74, 6) is 1.24. The van der Waals surface area contributed by atoms with E-state index in [2.05, 4.69) is 71.2 Å². The van der Waals surface area contributed by atoms with E-state index in [4.69, 9.17) is 4.99 Å².